The van der Waals surface area contributed by atoms with Gasteiger partial charge in [0.1, 0.15) is 11.6 Å². The van der Waals surface area contributed by atoms with Crippen molar-refractivity contribution in [3.8, 4) is 0 Å². The minimum atomic E-state index is -1.02. The Morgan fingerprint density at radius 2 is 2.50 bits per heavy atom. The smallest absolute Gasteiger partial charge is 0.320 e. The fraction of sp³-hybridized carbons (Fsp3) is 0.857. The summed E-state index contributed by atoms with van der Waals surface area (Å²) in [5.74, 6) is -0.929. The molecule has 12 heavy (non-hydrogen) atoms. The van der Waals surface area contributed by atoms with Gasteiger partial charge in [-0.2, -0.15) is 0 Å². The first kappa shape index (κ1) is 9.44. The van der Waals surface area contributed by atoms with Crippen LogP contribution in [0.25, 0.3) is 0 Å². The van der Waals surface area contributed by atoms with Gasteiger partial charge in [-0.3, -0.25) is 4.79 Å². The number of β-amino-alcohol motifs (C(OH)–C–C–N with tert-alkyl or cyclic N) is 1. The van der Waals surface area contributed by atoms with E-state index in [1.54, 1.807) is 0 Å². The average molecular weight is 175 g/mol. The third-order valence-electron chi connectivity index (χ3n) is 1.97. The molecule has 0 bridgehead atoms. The quantitative estimate of drug-likeness (QED) is 0.502. The third kappa shape index (κ3) is 1.94. The van der Waals surface area contributed by atoms with Crippen molar-refractivity contribution in [2.45, 2.75) is 18.1 Å². The van der Waals surface area contributed by atoms with Crippen LogP contribution in [-0.4, -0.2) is 48.1 Å². The molecule has 0 spiro atoms. The van der Waals surface area contributed by atoms with Crippen molar-refractivity contribution in [1.82, 2.24) is 5.32 Å². The molecular formula is C7H13NO4. The van der Waals surface area contributed by atoms with Gasteiger partial charge in [0.2, 0.25) is 0 Å². The lowest BCUT2D eigenvalue weighted by molar-refractivity contribution is -0.139. The molecule has 1 aliphatic rings. The van der Waals surface area contributed by atoms with E-state index in [0.29, 0.717) is 0 Å². The van der Waals surface area contributed by atoms with E-state index in [2.05, 4.69) is 5.32 Å². The summed E-state index contributed by atoms with van der Waals surface area (Å²) in [4.78, 5) is 10.5. The van der Waals surface area contributed by atoms with E-state index in [0.717, 1.165) is 0 Å². The van der Waals surface area contributed by atoms with Crippen molar-refractivity contribution in [3.05, 3.63) is 0 Å². The fourth-order valence-corrected chi connectivity index (χ4v) is 1.39. The summed E-state index contributed by atoms with van der Waals surface area (Å²) in [6, 6.07) is -0.648. The van der Waals surface area contributed by atoms with Crippen molar-refractivity contribution in [1.29, 1.82) is 0 Å². The number of nitrogens with one attached hydrogen (secondary N) is 1. The Morgan fingerprint density at radius 3 is 2.92 bits per heavy atom. The van der Waals surface area contributed by atoms with Gasteiger partial charge < -0.3 is 20.3 Å². The number of carbonyl (C=O) groups is 1. The zero-order valence-electron chi connectivity index (χ0n) is 6.91. The zero-order valence-corrected chi connectivity index (χ0v) is 6.91. The molecule has 0 aliphatic carbocycles. The first-order valence-electron chi connectivity index (χ1n) is 3.75. The molecule has 70 valence electrons. The summed E-state index contributed by atoms with van der Waals surface area (Å²) in [6.07, 6.45) is 0.205. The maximum absolute atomic E-state index is 10.5. The minimum Gasteiger partial charge on any atom is -0.480 e. The molecule has 0 amide bonds. The molecule has 0 unspecified atom stereocenters. The van der Waals surface area contributed by atoms with Gasteiger partial charge in [-0.15, -0.1) is 0 Å². The predicted molar refractivity (Wildman–Crippen MR) is 40.9 cm³/mol. The van der Waals surface area contributed by atoms with Gasteiger partial charge in [-0.25, -0.2) is 0 Å². The Kier molecular flexibility index (Phi) is 2.66. The number of aliphatic hydroxyl groups is 1. The molecule has 1 aliphatic heterocycles. The monoisotopic (exact) mass is 175 g/mol. The van der Waals surface area contributed by atoms with Crippen LogP contribution in [0, 0.1) is 0 Å². The highest BCUT2D eigenvalue weighted by atomic mass is 16.5. The van der Waals surface area contributed by atoms with Crippen molar-refractivity contribution >= 4 is 5.97 Å². The number of hydrogen-bond donors (Lipinski definition) is 3. The highest BCUT2D eigenvalue weighted by Crippen LogP contribution is 2.19. The van der Waals surface area contributed by atoms with Crippen molar-refractivity contribution in [2.24, 2.45) is 0 Å². The van der Waals surface area contributed by atoms with E-state index in [1.807, 2.05) is 0 Å². The topological polar surface area (TPSA) is 78.8 Å². The van der Waals surface area contributed by atoms with Crippen LogP contribution >= 0.6 is 0 Å². The summed E-state index contributed by atoms with van der Waals surface area (Å²) in [5, 5.41) is 21.0. The number of methoxy groups -OCH3 is 1. The Bertz CT molecular complexity index is 184. The third-order valence-corrected chi connectivity index (χ3v) is 1.97. The molecule has 1 heterocycles. The van der Waals surface area contributed by atoms with E-state index in [9.17, 15) is 9.90 Å². The Balaban J connectivity index is 2.48. The summed E-state index contributed by atoms with van der Waals surface area (Å²) in [5.41, 5.74) is -1.02. The average Bonchev–Trinajstić information content (AvgIpc) is 2.33. The summed E-state index contributed by atoms with van der Waals surface area (Å²) in [6.45, 7) is 0.446. The summed E-state index contributed by atoms with van der Waals surface area (Å²) >= 11 is 0. The van der Waals surface area contributed by atoms with Gasteiger partial charge in [0.25, 0.3) is 0 Å². The van der Waals surface area contributed by atoms with E-state index in [1.165, 1.54) is 7.11 Å². The predicted octanol–water partition coefficient (Wildman–Crippen LogP) is -1.19. The van der Waals surface area contributed by atoms with Crippen LogP contribution in [0.5, 0.6) is 0 Å². The molecule has 1 rings (SSSR count). The zero-order chi connectivity index (χ0) is 9.19. The second-order valence-corrected chi connectivity index (χ2v) is 3.13. The number of carboxylic acid groups (broad SMARTS) is 1. The number of hydrogen-bond acceptors (Lipinski definition) is 4. The molecule has 5 heteroatoms. The lowest BCUT2D eigenvalue weighted by atomic mass is 10.0. The first-order valence-corrected chi connectivity index (χ1v) is 3.75. The number of carboxylic acids is 1. The largest absolute Gasteiger partial charge is 0.480 e. The van der Waals surface area contributed by atoms with Gasteiger partial charge in [0, 0.05) is 20.1 Å². The van der Waals surface area contributed by atoms with E-state index in [-0.39, 0.29) is 19.6 Å². The summed E-state index contributed by atoms with van der Waals surface area (Å²) in [7, 11) is 1.48. The minimum absolute atomic E-state index is 0.170. The molecule has 0 saturated carbocycles. The highest BCUT2D eigenvalue weighted by molar-refractivity contribution is 5.74. The van der Waals surface area contributed by atoms with Gasteiger partial charge in [0.15, 0.2) is 0 Å². The standard InChI is InChI=1S/C7H13NO4/c1-12-4-7(11)2-5(6(9)10)8-3-7/h5,8,11H,2-4H2,1H3,(H,9,10)/t5-,7-/m0/s1. The molecule has 1 fully saturated rings. The van der Waals surface area contributed by atoms with Crippen LogP contribution in [0.4, 0.5) is 0 Å². The van der Waals surface area contributed by atoms with Crippen molar-refractivity contribution < 1.29 is 19.7 Å². The van der Waals surface area contributed by atoms with Gasteiger partial charge >= 0.3 is 5.97 Å². The Hall–Kier alpha value is -0.650. The van der Waals surface area contributed by atoms with Crippen LogP contribution in [0.1, 0.15) is 6.42 Å². The van der Waals surface area contributed by atoms with Gasteiger partial charge in [0.05, 0.1) is 6.61 Å². The van der Waals surface area contributed by atoms with E-state index >= 15 is 0 Å². The lowest BCUT2D eigenvalue weighted by Gasteiger charge is -2.19. The summed E-state index contributed by atoms with van der Waals surface area (Å²) < 4.78 is 4.77. The SMILES string of the molecule is COC[C@@]1(O)CN[C@H](C(=O)O)C1. The van der Waals surface area contributed by atoms with E-state index in [4.69, 9.17) is 9.84 Å². The molecule has 5 nitrogen and oxygen atoms in total. The van der Waals surface area contributed by atoms with Crippen LogP contribution in [0.3, 0.4) is 0 Å². The molecule has 0 radical (unpaired) electrons. The van der Waals surface area contributed by atoms with Crippen LogP contribution in [0.2, 0.25) is 0 Å². The van der Waals surface area contributed by atoms with Crippen LogP contribution in [-0.2, 0) is 9.53 Å². The van der Waals surface area contributed by atoms with Crippen LogP contribution in [0.15, 0.2) is 0 Å². The fourth-order valence-electron chi connectivity index (χ4n) is 1.39. The molecule has 0 aromatic rings. The molecule has 0 aromatic carbocycles. The van der Waals surface area contributed by atoms with Crippen molar-refractivity contribution in [3.63, 3.8) is 0 Å². The Labute approximate surface area is 70.3 Å². The van der Waals surface area contributed by atoms with E-state index < -0.39 is 17.6 Å². The van der Waals surface area contributed by atoms with Crippen molar-refractivity contribution in [2.75, 3.05) is 20.3 Å². The molecule has 0 aromatic heterocycles. The molecular weight excluding hydrogens is 162 g/mol. The molecule has 2 atom stereocenters. The highest BCUT2D eigenvalue weighted by Gasteiger charge is 2.40. The molecule has 3 N–H and O–H groups in total. The number of aliphatic carboxylic acids is 1. The van der Waals surface area contributed by atoms with Gasteiger partial charge in [-0.05, 0) is 0 Å². The second kappa shape index (κ2) is 3.38. The molecule has 1 saturated heterocycles. The number of ether oxygens (including phenoxy) is 1. The Morgan fingerprint density at radius 1 is 1.83 bits per heavy atom. The first-order chi connectivity index (χ1) is 5.57. The van der Waals surface area contributed by atoms with Crippen LogP contribution < -0.4 is 5.32 Å². The maximum Gasteiger partial charge on any atom is 0.320 e. The lowest BCUT2D eigenvalue weighted by Crippen LogP contribution is -2.36. The van der Waals surface area contributed by atoms with Gasteiger partial charge in [-0.1, -0.05) is 0 Å². The maximum atomic E-state index is 10.5. The second-order valence-electron chi connectivity index (χ2n) is 3.13. The number of rotatable bonds is 3. The normalized spacial score (nSPS) is 35.3.